The number of aromatic nitrogens is 2. The van der Waals surface area contributed by atoms with Gasteiger partial charge >= 0.3 is 0 Å². The summed E-state index contributed by atoms with van der Waals surface area (Å²) < 4.78 is 29.5. The topological polar surface area (TPSA) is 172 Å². The number of rotatable bonds is 9. The van der Waals surface area contributed by atoms with Crippen molar-refractivity contribution in [3.05, 3.63) is 65.4 Å². The number of hydrogen-bond acceptors (Lipinski definition) is 12. The van der Waals surface area contributed by atoms with Crippen molar-refractivity contribution in [2.75, 3.05) is 72.4 Å². The molecule has 2 aliphatic carbocycles. The van der Waals surface area contributed by atoms with Gasteiger partial charge in [0.1, 0.15) is 11.9 Å². The van der Waals surface area contributed by atoms with Gasteiger partial charge in [0.05, 0.1) is 10.3 Å². The third-order valence-electron chi connectivity index (χ3n) is 15.0. The number of benzene rings is 2. The highest BCUT2D eigenvalue weighted by Gasteiger charge is 2.61. The van der Waals surface area contributed by atoms with Gasteiger partial charge < -0.3 is 20.0 Å². The van der Waals surface area contributed by atoms with Crippen LogP contribution in [0.2, 0.25) is 0 Å². The van der Waals surface area contributed by atoms with Gasteiger partial charge in [-0.25, -0.2) is 13.4 Å². The zero-order valence-electron chi connectivity index (χ0n) is 35.0. The number of piperidine rings is 2. The number of hydrogen-bond donors (Lipinski definition) is 2. The molecule has 1 spiro atoms. The fraction of sp³-hybridized carbons (Fsp3) is 0.556. The second kappa shape index (κ2) is 15.3. The Bertz CT molecular complexity index is 2430. The molecule has 2 aromatic carbocycles. The third kappa shape index (κ3) is 6.81. The summed E-state index contributed by atoms with van der Waals surface area (Å²) in [6, 6.07) is 13.3. The van der Waals surface area contributed by atoms with E-state index in [4.69, 9.17) is 4.98 Å². The molecule has 11 rings (SSSR count). The molecule has 62 heavy (non-hydrogen) atoms. The van der Waals surface area contributed by atoms with Crippen LogP contribution < -0.4 is 25.3 Å². The first-order valence-corrected chi connectivity index (χ1v) is 24.1. The van der Waals surface area contributed by atoms with Crippen LogP contribution in [0.4, 0.5) is 23.1 Å². The maximum atomic E-state index is 14.0. The maximum Gasteiger partial charge on any atom is 0.255 e. The van der Waals surface area contributed by atoms with E-state index in [-0.39, 0.29) is 36.2 Å². The molecule has 1 atom stereocenters. The lowest BCUT2D eigenvalue weighted by molar-refractivity contribution is -0.137. The van der Waals surface area contributed by atoms with Crippen LogP contribution in [-0.4, -0.2) is 133 Å². The van der Waals surface area contributed by atoms with E-state index in [9.17, 15) is 27.6 Å². The van der Waals surface area contributed by atoms with Crippen LogP contribution in [0.5, 0.6) is 0 Å². The van der Waals surface area contributed by atoms with Crippen molar-refractivity contribution < 1.29 is 27.6 Å². The van der Waals surface area contributed by atoms with E-state index in [2.05, 4.69) is 36.4 Å². The SMILES string of the molecule is O=C1CCC(N2Cc3cc(N4CCN(C5CN(c6cccc(S(=O)(=O)N7CCC(Nc8ncc9c(n8)N(C8CCCCC8)C(=O)C98CC8)CC7)c6)C5)CC4)ccc3C2=O)C(=O)N1. The van der Waals surface area contributed by atoms with Crippen LogP contribution in [0, 0.1) is 0 Å². The Morgan fingerprint density at radius 1 is 0.790 bits per heavy atom. The molecular formula is C45H54N10O6S. The first kappa shape index (κ1) is 39.7. The predicted molar refractivity (Wildman–Crippen MR) is 231 cm³/mol. The summed E-state index contributed by atoms with van der Waals surface area (Å²) >= 11 is 0. The summed E-state index contributed by atoms with van der Waals surface area (Å²) in [6.45, 7) is 6.30. The lowest BCUT2D eigenvalue weighted by atomic mass is 9.94. The molecule has 4 saturated heterocycles. The van der Waals surface area contributed by atoms with E-state index in [0.717, 1.165) is 106 Å². The summed E-state index contributed by atoms with van der Waals surface area (Å²) in [5.41, 5.74) is 4.07. The zero-order valence-corrected chi connectivity index (χ0v) is 35.8. The average Bonchev–Trinajstić information content (AvgIpc) is 3.96. The Labute approximate surface area is 362 Å². The lowest BCUT2D eigenvalue weighted by Gasteiger charge is -2.49. The van der Waals surface area contributed by atoms with Gasteiger partial charge in [0.25, 0.3) is 5.91 Å². The quantitative estimate of drug-likeness (QED) is 0.302. The third-order valence-corrected chi connectivity index (χ3v) is 16.9. The van der Waals surface area contributed by atoms with Gasteiger partial charge in [0.2, 0.25) is 33.7 Å². The van der Waals surface area contributed by atoms with Crippen molar-refractivity contribution in [2.24, 2.45) is 0 Å². The van der Waals surface area contributed by atoms with Crippen molar-refractivity contribution in [3.63, 3.8) is 0 Å². The van der Waals surface area contributed by atoms with E-state index in [0.29, 0.717) is 61.3 Å². The summed E-state index contributed by atoms with van der Waals surface area (Å²) in [5.74, 6) is 0.643. The Kier molecular flexibility index (Phi) is 9.79. The highest BCUT2D eigenvalue weighted by atomic mass is 32.2. The van der Waals surface area contributed by atoms with Gasteiger partial charge in [0, 0.05) is 112 Å². The van der Waals surface area contributed by atoms with Gasteiger partial charge in [-0.3, -0.25) is 34.3 Å². The summed E-state index contributed by atoms with van der Waals surface area (Å²) in [5, 5.41) is 5.86. The van der Waals surface area contributed by atoms with Crippen molar-refractivity contribution in [3.8, 4) is 0 Å². The largest absolute Gasteiger partial charge is 0.369 e. The predicted octanol–water partition coefficient (Wildman–Crippen LogP) is 3.22. The maximum absolute atomic E-state index is 14.0. The molecular weight excluding hydrogens is 809 g/mol. The van der Waals surface area contributed by atoms with Crippen LogP contribution in [0.15, 0.2) is 53.6 Å². The fourth-order valence-electron chi connectivity index (χ4n) is 11.1. The molecule has 3 aromatic rings. The molecule has 0 bridgehead atoms. The summed E-state index contributed by atoms with van der Waals surface area (Å²) in [6.07, 6.45) is 11.0. The average molecular weight is 863 g/mol. The molecule has 326 valence electrons. The number of piperazine rings is 1. The van der Waals surface area contributed by atoms with Gasteiger partial charge in [-0.1, -0.05) is 25.3 Å². The van der Waals surface area contributed by atoms with Crippen molar-refractivity contribution in [1.29, 1.82) is 0 Å². The van der Waals surface area contributed by atoms with Gasteiger partial charge in [-0.2, -0.15) is 9.29 Å². The molecule has 6 fully saturated rings. The number of carbonyl (C=O) groups is 4. The number of amides is 4. The lowest BCUT2D eigenvalue weighted by Crippen LogP contribution is -2.63. The van der Waals surface area contributed by atoms with Gasteiger partial charge in [-0.15, -0.1) is 0 Å². The smallest absolute Gasteiger partial charge is 0.255 e. The van der Waals surface area contributed by atoms with E-state index in [1.54, 1.807) is 15.3 Å². The van der Waals surface area contributed by atoms with E-state index >= 15 is 0 Å². The Morgan fingerprint density at radius 3 is 2.29 bits per heavy atom. The molecule has 2 N–H and O–H groups in total. The second-order valence-electron chi connectivity index (χ2n) is 18.6. The fourth-order valence-corrected chi connectivity index (χ4v) is 12.6. The molecule has 17 heteroatoms. The molecule has 8 aliphatic rings. The van der Waals surface area contributed by atoms with Crippen LogP contribution in [0.25, 0.3) is 0 Å². The first-order valence-electron chi connectivity index (χ1n) is 22.7. The Balaban J connectivity index is 0.665. The minimum absolute atomic E-state index is 0.0257. The number of nitrogens with one attached hydrogen (secondary N) is 2. The number of imide groups is 1. The van der Waals surface area contributed by atoms with Crippen LogP contribution >= 0.6 is 0 Å². The zero-order chi connectivity index (χ0) is 42.3. The van der Waals surface area contributed by atoms with Crippen LogP contribution in [0.1, 0.15) is 92.1 Å². The minimum Gasteiger partial charge on any atom is -0.369 e. The van der Waals surface area contributed by atoms with Crippen molar-refractivity contribution in [1.82, 2.24) is 29.4 Å². The number of nitrogens with zero attached hydrogens (tertiary/aromatic N) is 8. The minimum atomic E-state index is -3.69. The van der Waals surface area contributed by atoms with E-state index in [1.165, 1.54) is 6.42 Å². The highest BCUT2D eigenvalue weighted by molar-refractivity contribution is 7.89. The number of sulfonamides is 1. The molecule has 1 unspecified atom stereocenters. The summed E-state index contributed by atoms with van der Waals surface area (Å²) in [4.78, 5) is 71.6. The standard InChI is InChI=1S/C45H54N10O6S/c56-39-12-11-38(41(57)48-39)54-26-29-23-33(9-10-36(29)42(54)58)50-19-21-51(22-20-50)34-27-52(28-34)32-7-4-8-35(24-32)62(60,61)53-17-13-30(14-18-53)47-44-46-25-37-40(49-44)55(31-5-2-1-3-6-31)43(59)45(37)15-16-45/h4,7-10,23-25,30-31,34,38H,1-3,5-6,11-22,26-28H2,(H,46,47,49)(H,48,56,57). The second-order valence-corrected chi connectivity index (χ2v) is 20.6. The highest BCUT2D eigenvalue weighted by Crippen LogP contribution is 2.57. The van der Waals surface area contributed by atoms with Crippen molar-refractivity contribution >= 4 is 56.8 Å². The van der Waals surface area contributed by atoms with Gasteiger partial charge in [0.15, 0.2) is 0 Å². The molecule has 1 aromatic heterocycles. The molecule has 4 amide bonds. The molecule has 7 heterocycles. The van der Waals surface area contributed by atoms with E-state index in [1.807, 2.05) is 41.4 Å². The molecule has 0 radical (unpaired) electrons. The summed E-state index contributed by atoms with van der Waals surface area (Å²) in [7, 11) is -3.69. The number of fused-ring (bicyclic) bond motifs is 3. The van der Waals surface area contributed by atoms with Crippen LogP contribution in [-0.2, 0) is 36.4 Å². The molecule has 6 aliphatic heterocycles. The molecule has 16 nitrogen and oxygen atoms in total. The van der Waals surface area contributed by atoms with E-state index < -0.39 is 27.4 Å². The first-order chi connectivity index (χ1) is 30.1. The normalized spacial score (nSPS) is 25.0. The van der Waals surface area contributed by atoms with Crippen molar-refractivity contribution in [2.45, 2.75) is 112 Å². The molecule has 2 saturated carbocycles. The Morgan fingerprint density at radius 2 is 1.55 bits per heavy atom. The Hall–Kier alpha value is -5.13. The van der Waals surface area contributed by atoms with Gasteiger partial charge in [-0.05, 0) is 86.9 Å². The monoisotopic (exact) mass is 862 g/mol. The number of anilines is 4. The van der Waals surface area contributed by atoms with Crippen LogP contribution in [0.3, 0.4) is 0 Å². The number of carbonyl (C=O) groups excluding carboxylic acids is 4.